The summed E-state index contributed by atoms with van der Waals surface area (Å²) in [6.07, 6.45) is 5.77. The van der Waals surface area contributed by atoms with Crippen molar-refractivity contribution in [1.29, 1.82) is 0 Å². The number of morpholine rings is 1. The minimum atomic E-state index is -0.0765. The van der Waals surface area contributed by atoms with E-state index in [2.05, 4.69) is 27.4 Å². The van der Waals surface area contributed by atoms with E-state index in [-0.39, 0.29) is 12.1 Å². The Morgan fingerprint density at radius 1 is 1.24 bits per heavy atom. The van der Waals surface area contributed by atoms with E-state index < -0.39 is 0 Å². The van der Waals surface area contributed by atoms with Gasteiger partial charge in [0.25, 0.3) is 0 Å². The van der Waals surface area contributed by atoms with Gasteiger partial charge >= 0.3 is 5.97 Å². The number of esters is 1. The summed E-state index contributed by atoms with van der Waals surface area (Å²) in [6.45, 7) is 9.00. The Morgan fingerprint density at radius 2 is 2.00 bits per heavy atom. The molecule has 1 saturated heterocycles. The van der Waals surface area contributed by atoms with Gasteiger partial charge in [-0.1, -0.05) is 0 Å². The fourth-order valence-corrected chi connectivity index (χ4v) is 3.16. The smallest absolute Gasteiger partial charge is 0.306 e. The molecule has 0 atom stereocenters. The molecule has 0 aromatic rings. The Bertz CT molecular complexity index is 405. The van der Waals surface area contributed by atoms with E-state index in [4.69, 9.17) is 9.47 Å². The zero-order valence-corrected chi connectivity index (χ0v) is 15.6. The zero-order chi connectivity index (χ0) is 17.7. The molecule has 0 aromatic heterocycles. The van der Waals surface area contributed by atoms with Crippen molar-refractivity contribution in [2.75, 3.05) is 52.5 Å². The van der Waals surface area contributed by atoms with E-state index in [9.17, 15) is 4.79 Å². The molecule has 25 heavy (non-hydrogen) atoms. The van der Waals surface area contributed by atoms with Gasteiger partial charge in [-0.05, 0) is 39.0 Å². The van der Waals surface area contributed by atoms with Gasteiger partial charge in [0.15, 0.2) is 5.96 Å². The van der Waals surface area contributed by atoms with Gasteiger partial charge in [-0.25, -0.2) is 0 Å². The molecule has 1 aliphatic carbocycles. The average molecular weight is 354 g/mol. The van der Waals surface area contributed by atoms with Crippen LogP contribution in [0.4, 0.5) is 0 Å². The van der Waals surface area contributed by atoms with Gasteiger partial charge in [0.1, 0.15) is 6.10 Å². The van der Waals surface area contributed by atoms with Crippen LogP contribution in [0.2, 0.25) is 0 Å². The van der Waals surface area contributed by atoms with E-state index >= 15 is 0 Å². The van der Waals surface area contributed by atoms with Crippen LogP contribution in [0.1, 0.15) is 45.4 Å². The van der Waals surface area contributed by atoms with Crippen molar-refractivity contribution in [3.05, 3.63) is 0 Å². The SMILES string of the molecule is CCNC(=NCCCC(=O)OC1CCCC1)NCCN1CCOCC1. The van der Waals surface area contributed by atoms with Crippen molar-refractivity contribution in [2.45, 2.75) is 51.6 Å². The third kappa shape index (κ3) is 8.54. The monoisotopic (exact) mass is 354 g/mol. The Kier molecular flexibility index (Phi) is 9.66. The lowest BCUT2D eigenvalue weighted by molar-refractivity contribution is -0.148. The number of aliphatic imine (C=N–C) groups is 1. The normalized spacial score (nSPS) is 19.8. The summed E-state index contributed by atoms with van der Waals surface area (Å²) >= 11 is 0. The van der Waals surface area contributed by atoms with Crippen LogP contribution in [0.25, 0.3) is 0 Å². The number of hydrogen-bond donors (Lipinski definition) is 2. The van der Waals surface area contributed by atoms with E-state index in [1.807, 2.05) is 0 Å². The maximum atomic E-state index is 11.8. The van der Waals surface area contributed by atoms with Crippen LogP contribution >= 0.6 is 0 Å². The highest BCUT2D eigenvalue weighted by Gasteiger charge is 2.18. The van der Waals surface area contributed by atoms with Crippen molar-refractivity contribution in [3.63, 3.8) is 0 Å². The van der Waals surface area contributed by atoms with E-state index in [1.54, 1.807) is 0 Å². The van der Waals surface area contributed by atoms with E-state index in [0.29, 0.717) is 13.0 Å². The number of carbonyl (C=O) groups excluding carboxylic acids is 1. The number of hydrogen-bond acceptors (Lipinski definition) is 5. The van der Waals surface area contributed by atoms with Crippen LogP contribution in [0.5, 0.6) is 0 Å². The second kappa shape index (κ2) is 12.1. The first-order chi connectivity index (χ1) is 12.3. The molecule has 1 heterocycles. The van der Waals surface area contributed by atoms with Crippen LogP contribution < -0.4 is 10.6 Å². The van der Waals surface area contributed by atoms with Gasteiger partial charge in [0.05, 0.1) is 13.2 Å². The number of guanidine groups is 1. The lowest BCUT2D eigenvalue weighted by atomic mass is 10.3. The number of nitrogens with zero attached hydrogens (tertiary/aromatic N) is 2. The zero-order valence-electron chi connectivity index (χ0n) is 15.6. The van der Waals surface area contributed by atoms with Crippen LogP contribution in [-0.2, 0) is 14.3 Å². The molecule has 0 amide bonds. The minimum absolute atomic E-state index is 0.0765. The largest absolute Gasteiger partial charge is 0.462 e. The molecule has 2 fully saturated rings. The van der Waals surface area contributed by atoms with Gasteiger partial charge in [-0.3, -0.25) is 14.7 Å². The molecule has 0 spiro atoms. The Labute approximate surface area is 151 Å². The topological polar surface area (TPSA) is 75.2 Å². The molecule has 144 valence electrons. The van der Waals surface area contributed by atoms with E-state index in [0.717, 1.165) is 71.2 Å². The molecule has 2 aliphatic rings. The lowest BCUT2D eigenvalue weighted by Crippen LogP contribution is -2.44. The molecule has 7 nitrogen and oxygen atoms in total. The van der Waals surface area contributed by atoms with Crippen molar-refractivity contribution >= 4 is 11.9 Å². The summed E-state index contributed by atoms with van der Waals surface area (Å²) in [5.74, 6) is 0.743. The molecule has 0 aromatic carbocycles. The highest BCUT2D eigenvalue weighted by Crippen LogP contribution is 2.21. The molecule has 0 radical (unpaired) electrons. The Hall–Kier alpha value is -1.34. The second-order valence-corrected chi connectivity index (χ2v) is 6.64. The van der Waals surface area contributed by atoms with Crippen LogP contribution in [0, 0.1) is 0 Å². The van der Waals surface area contributed by atoms with Crippen LogP contribution in [0.15, 0.2) is 4.99 Å². The highest BCUT2D eigenvalue weighted by molar-refractivity contribution is 5.79. The predicted molar refractivity (Wildman–Crippen MR) is 98.8 cm³/mol. The predicted octanol–water partition coefficient (Wildman–Crippen LogP) is 1.14. The van der Waals surface area contributed by atoms with Gasteiger partial charge in [0.2, 0.25) is 0 Å². The number of carbonyl (C=O) groups is 1. The summed E-state index contributed by atoms with van der Waals surface area (Å²) in [4.78, 5) is 18.7. The average Bonchev–Trinajstić information content (AvgIpc) is 3.12. The number of nitrogens with one attached hydrogen (secondary N) is 2. The van der Waals surface area contributed by atoms with Crippen molar-refractivity contribution in [3.8, 4) is 0 Å². The maximum absolute atomic E-state index is 11.8. The Morgan fingerprint density at radius 3 is 2.72 bits per heavy atom. The molecule has 2 N–H and O–H groups in total. The van der Waals surface area contributed by atoms with Crippen molar-refractivity contribution in [1.82, 2.24) is 15.5 Å². The molecular formula is C18H34N4O3. The van der Waals surface area contributed by atoms with Gasteiger partial charge in [0, 0.05) is 45.7 Å². The summed E-state index contributed by atoms with van der Waals surface area (Å²) in [5.41, 5.74) is 0. The fourth-order valence-electron chi connectivity index (χ4n) is 3.16. The van der Waals surface area contributed by atoms with Crippen molar-refractivity contribution in [2.24, 2.45) is 4.99 Å². The fraction of sp³-hybridized carbons (Fsp3) is 0.889. The van der Waals surface area contributed by atoms with Crippen molar-refractivity contribution < 1.29 is 14.3 Å². The quantitative estimate of drug-likeness (QED) is 0.280. The lowest BCUT2D eigenvalue weighted by Gasteiger charge is -2.26. The summed E-state index contributed by atoms with van der Waals surface area (Å²) in [5, 5.41) is 6.60. The number of rotatable bonds is 9. The summed E-state index contributed by atoms with van der Waals surface area (Å²) in [6, 6.07) is 0. The third-order valence-corrected chi connectivity index (χ3v) is 4.58. The van der Waals surface area contributed by atoms with Gasteiger partial charge in [-0.2, -0.15) is 0 Å². The first-order valence-electron chi connectivity index (χ1n) is 9.79. The third-order valence-electron chi connectivity index (χ3n) is 4.58. The molecule has 0 bridgehead atoms. The molecule has 7 heteroatoms. The molecular weight excluding hydrogens is 320 g/mol. The standard InChI is InChI=1S/C18H34N4O3/c1-2-19-18(21-10-11-22-12-14-24-15-13-22)20-9-5-8-17(23)25-16-6-3-4-7-16/h16H,2-15H2,1H3,(H2,19,20,21). The Balaban J connectivity index is 1.58. The summed E-state index contributed by atoms with van der Waals surface area (Å²) < 4.78 is 10.8. The maximum Gasteiger partial charge on any atom is 0.306 e. The number of ether oxygens (including phenoxy) is 2. The molecule has 1 saturated carbocycles. The van der Waals surface area contributed by atoms with Crippen LogP contribution in [0.3, 0.4) is 0 Å². The van der Waals surface area contributed by atoms with Gasteiger partial charge in [-0.15, -0.1) is 0 Å². The minimum Gasteiger partial charge on any atom is -0.462 e. The van der Waals surface area contributed by atoms with Crippen LogP contribution in [-0.4, -0.2) is 75.4 Å². The molecule has 2 rings (SSSR count). The molecule has 1 aliphatic heterocycles. The summed E-state index contributed by atoms with van der Waals surface area (Å²) in [7, 11) is 0. The second-order valence-electron chi connectivity index (χ2n) is 6.64. The van der Waals surface area contributed by atoms with Gasteiger partial charge < -0.3 is 20.1 Å². The molecule has 0 unspecified atom stereocenters. The highest BCUT2D eigenvalue weighted by atomic mass is 16.5. The first-order valence-corrected chi connectivity index (χ1v) is 9.79. The first kappa shape index (κ1) is 20.0. The van der Waals surface area contributed by atoms with E-state index in [1.165, 1.54) is 12.8 Å².